The van der Waals surface area contributed by atoms with E-state index < -0.39 is 0 Å². The van der Waals surface area contributed by atoms with Crippen LogP contribution < -0.4 is 14.8 Å². The highest BCUT2D eigenvalue weighted by Crippen LogP contribution is 2.28. The molecule has 1 aliphatic heterocycles. The van der Waals surface area contributed by atoms with Gasteiger partial charge in [-0.2, -0.15) is 0 Å². The number of hydrogen-bond acceptors (Lipinski definition) is 4. The number of rotatable bonds is 6. The molecule has 2 amide bonds. The van der Waals surface area contributed by atoms with Crippen molar-refractivity contribution in [3.05, 3.63) is 53.6 Å². The first-order valence-electron chi connectivity index (χ1n) is 10.2. The van der Waals surface area contributed by atoms with E-state index in [1.54, 1.807) is 12.0 Å². The number of anilines is 1. The molecule has 1 N–H and O–H groups in total. The zero-order valence-corrected chi connectivity index (χ0v) is 18.2. The van der Waals surface area contributed by atoms with Crippen molar-refractivity contribution in [2.75, 3.05) is 25.6 Å². The first-order valence-corrected chi connectivity index (χ1v) is 10.2. The van der Waals surface area contributed by atoms with Gasteiger partial charge in [0.25, 0.3) is 5.91 Å². The summed E-state index contributed by atoms with van der Waals surface area (Å²) < 4.78 is 11.1. The minimum atomic E-state index is -0.0827. The van der Waals surface area contributed by atoms with Crippen LogP contribution in [0.5, 0.6) is 11.5 Å². The third-order valence-electron chi connectivity index (χ3n) is 4.94. The molecule has 0 atom stereocenters. The number of amides is 2. The second-order valence-electron chi connectivity index (χ2n) is 8.77. The molecule has 0 bridgehead atoms. The molecular formula is C24H30N2O4. The minimum absolute atomic E-state index is 0.00859. The number of para-hydroxylation sites is 1. The molecule has 0 fully saturated rings. The number of benzene rings is 2. The van der Waals surface area contributed by atoms with Crippen molar-refractivity contribution in [2.45, 2.75) is 40.2 Å². The van der Waals surface area contributed by atoms with Crippen molar-refractivity contribution in [1.82, 2.24) is 4.90 Å². The summed E-state index contributed by atoms with van der Waals surface area (Å²) in [7, 11) is 1.65. The molecule has 0 spiro atoms. The number of hydrogen-bond donors (Lipinski definition) is 1. The average Bonchev–Trinajstić information content (AvgIpc) is 2.83. The summed E-state index contributed by atoms with van der Waals surface area (Å²) in [6, 6.07) is 13.4. The third-order valence-corrected chi connectivity index (χ3v) is 4.94. The number of carbonyl (C=O) groups is 2. The van der Waals surface area contributed by atoms with Gasteiger partial charge in [-0.05, 0) is 41.7 Å². The Morgan fingerprint density at radius 2 is 1.97 bits per heavy atom. The van der Waals surface area contributed by atoms with Crippen LogP contribution in [0.2, 0.25) is 0 Å². The zero-order chi connectivity index (χ0) is 21.7. The topological polar surface area (TPSA) is 67.9 Å². The van der Waals surface area contributed by atoms with Gasteiger partial charge in [-0.1, -0.05) is 39.0 Å². The maximum atomic E-state index is 12.6. The van der Waals surface area contributed by atoms with Crippen molar-refractivity contribution in [1.29, 1.82) is 0 Å². The number of methoxy groups -OCH3 is 1. The molecule has 6 heteroatoms. The lowest BCUT2D eigenvalue weighted by atomic mass is 9.92. The highest BCUT2D eigenvalue weighted by atomic mass is 16.5. The molecular weight excluding hydrogens is 380 g/mol. The van der Waals surface area contributed by atoms with Gasteiger partial charge in [-0.25, -0.2) is 0 Å². The number of carbonyl (C=O) groups excluding carboxylic acids is 2. The molecule has 0 saturated carbocycles. The van der Waals surface area contributed by atoms with Gasteiger partial charge in [-0.3, -0.25) is 9.59 Å². The third kappa shape index (κ3) is 5.75. The van der Waals surface area contributed by atoms with Gasteiger partial charge < -0.3 is 19.7 Å². The molecule has 6 nitrogen and oxygen atoms in total. The molecule has 0 radical (unpaired) electrons. The fraction of sp³-hybridized carbons (Fsp3) is 0.417. The Bertz CT molecular complexity index is 918. The summed E-state index contributed by atoms with van der Waals surface area (Å²) in [5.74, 6) is 1.41. The lowest BCUT2D eigenvalue weighted by Gasteiger charge is -2.21. The smallest absolute Gasteiger partial charge is 0.260 e. The van der Waals surface area contributed by atoms with E-state index in [9.17, 15) is 9.59 Å². The van der Waals surface area contributed by atoms with Crippen LogP contribution in [0.15, 0.2) is 42.5 Å². The molecule has 30 heavy (non-hydrogen) atoms. The van der Waals surface area contributed by atoms with E-state index in [0.29, 0.717) is 37.4 Å². The lowest BCUT2D eigenvalue weighted by molar-refractivity contribution is -0.133. The normalized spacial score (nSPS) is 13.9. The Labute approximate surface area is 178 Å². The summed E-state index contributed by atoms with van der Waals surface area (Å²) in [5.41, 5.74) is 2.57. The molecule has 1 aliphatic rings. The molecule has 0 saturated heterocycles. The maximum Gasteiger partial charge on any atom is 0.260 e. The highest BCUT2D eigenvalue weighted by Gasteiger charge is 2.23. The summed E-state index contributed by atoms with van der Waals surface area (Å²) >= 11 is 0. The Hall–Kier alpha value is -3.02. The second kappa shape index (κ2) is 9.20. The standard InChI is InChI=1S/C24H30N2O4/c1-24(2,3)14-22(27)25-19-9-10-21-18(13-19)15-26(23(28)16-30-21)12-11-17-7-5-6-8-20(17)29-4/h5-10,13H,11-12,14-16H2,1-4H3,(H,25,27). The number of nitrogens with zero attached hydrogens (tertiary/aromatic N) is 1. The van der Waals surface area contributed by atoms with Crippen molar-refractivity contribution < 1.29 is 19.1 Å². The van der Waals surface area contributed by atoms with Gasteiger partial charge in [0.1, 0.15) is 11.5 Å². The number of ether oxygens (including phenoxy) is 2. The van der Waals surface area contributed by atoms with Crippen molar-refractivity contribution >= 4 is 17.5 Å². The molecule has 1 heterocycles. The van der Waals surface area contributed by atoms with E-state index in [0.717, 1.165) is 16.9 Å². The first kappa shape index (κ1) is 21.7. The van der Waals surface area contributed by atoms with Gasteiger partial charge in [0.05, 0.1) is 7.11 Å². The Morgan fingerprint density at radius 1 is 1.20 bits per heavy atom. The van der Waals surface area contributed by atoms with E-state index in [1.807, 2.05) is 63.2 Å². The average molecular weight is 411 g/mol. The zero-order valence-electron chi connectivity index (χ0n) is 18.2. The number of fused-ring (bicyclic) bond motifs is 1. The molecule has 2 aromatic carbocycles. The van der Waals surface area contributed by atoms with E-state index in [1.165, 1.54) is 0 Å². The van der Waals surface area contributed by atoms with E-state index >= 15 is 0 Å². The fourth-order valence-electron chi connectivity index (χ4n) is 3.50. The Balaban J connectivity index is 1.71. The SMILES string of the molecule is COc1ccccc1CCN1Cc2cc(NC(=O)CC(C)(C)C)ccc2OCC1=O. The van der Waals surface area contributed by atoms with Gasteiger partial charge in [0.2, 0.25) is 5.91 Å². The predicted molar refractivity (Wildman–Crippen MR) is 117 cm³/mol. The predicted octanol–water partition coefficient (Wildman–Crippen LogP) is 4.03. The quantitative estimate of drug-likeness (QED) is 0.781. The maximum absolute atomic E-state index is 12.6. The van der Waals surface area contributed by atoms with Crippen LogP contribution >= 0.6 is 0 Å². The van der Waals surface area contributed by atoms with Gasteiger partial charge in [0.15, 0.2) is 6.61 Å². The van der Waals surface area contributed by atoms with Crippen LogP contribution in [0.25, 0.3) is 0 Å². The van der Waals surface area contributed by atoms with Gasteiger partial charge >= 0.3 is 0 Å². The van der Waals surface area contributed by atoms with Crippen LogP contribution in [0.1, 0.15) is 38.3 Å². The van der Waals surface area contributed by atoms with Crippen LogP contribution in [0, 0.1) is 5.41 Å². The summed E-state index contributed by atoms with van der Waals surface area (Å²) in [5, 5.41) is 2.95. The molecule has 3 rings (SSSR count). The van der Waals surface area contributed by atoms with Crippen LogP contribution in [-0.4, -0.2) is 37.0 Å². The van der Waals surface area contributed by atoms with Crippen LogP contribution in [0.3, 0.4) is 0 Å². The summed E-state index contributed by atoms with van der Waals surface area (Å²) in [6.07, 6.45) is 1.12. The van der Waals surface area contributed by atoms with Crippen molar-refractivity contribution in [3.63, 3.8) is 0 Å². The van der Waals surface area contributed by atoms with Crippen molar-refractivity contribution in [2.24, 2.45) is 5.41 Å². The molecule has 0 aromatic heterocycles. The van der Waals surface area contributed by atoms with Crippen LogP contribution in [-0.2, 0) is 22.6 Å². The molecule has 2 aromatic rings. The van der Waals surface area contributed by atoms with Gasteiger partial charge in [-0.15, -0.1) is 0 Å². The Kier molecular flexibility index (Phi) is 6.65. The monoisotopic (exact) mass is 410 g/mol. The molecule has 160 valence electrons. The van der Waals surface area contributed by atoms with Gasteiger partial charge in [0, 0.05) is 30.8 Å². The van der Waals surface area contributed by atoms with Crippen molar-refractivity contribution in [3.8, 4) is 11.5 Å². The summed E-state index contributed by atoms with van der Waals surface area (Å²) in [4.78, 5) is 26.7. The first-order chi connectivity index (χ1) is 14.2. The van der Waals surface area contributed by atoms with E-state index in [4.69, 9.17) is 9.47 Å². The molecule has 0 aliphatic carbocycles. The highest BCUT2D eigenvalue weighted by molar-refractivity contribution is 5.91. The Morgan fingerprint density at radius 3 is 2.70 bits per heavy atom. The fourth-order valence-corrected chi connectivity index (χ4v) is 3.50. The molecule has 0 unspecified atom stereocenters. The summed E-state index contributed by atoms with van der Waals surface area (Å²) in [6.45, 7) is 7.09. The lowest BCUT2D eigenvalue weighted by Crippen LogP contribution is -2.34. The van der Waals surface area contributed by atoms with E-state index in [-0.39, 0.29) is 23.8 Å². The largest absolute Gasteiger partial charge is 0.496 e. The number of nitrogens with one attached hydrogen (secondary N) is 1. The van der Waals surface area contributed by atoms with Crippen LogP contribution in [0.4, 0.5) is 5.69 Å². The minimum Gasteiger partial charge on any atom is -0.496 e. The second-order valence-corrected chi connectivity index (χ2v) is 8.77. The van der Waals surface area contributed by atoms with E-state index in [2.05, 4.69) is 5.32 Å².